The Hall–Kier alpha value is -1.44. The molecule has 1 saturated heterocycles. The van der Waals surface area contributed by atoms with Crippen molar-refractivity contribution in [1.29, 1.82) is 0 Å². The summed E-state index contributed by atoms with van der Waals surface area (Å²) < 4.78 is 25.4. The highest BCUT2D eigenvalue weighted by molar-refractivity contribution is 7.89. The van der Waals surface area contributed by atoms with E-state index in [1.807, 2.05) is 11.8 Å². The number of sulfonamides is 1. The summed E-state index contributed by atoms with van der Waals surface area (Å²) in [7, 11) is -3.21. The fourth-order valence-corrected chi connectivity index (χ4v) is 3.16. The Labute approximate surface area is 138 Å². The molecule has 2 unspecified atom stereocenters. The quantitative estimate of drug-likeness (QED) is 0.837. The molecule has 1 aliphatic rings. The van der Waals surface area contributed by atoms with E-state index in [1.54, 1.807) is 31.2 Å². The first-order valence-corrected chi connectivity index (χ1v) is 9.60. The number of carbonyl (C=O) groups excluding carboxylic acids is 1. The third kappa shape index (κ3) is 4.53. The second-order valence-electron chi connectivity index (χ2n) is 5.90. The molecule has 7 heteroatoms. The van der Waals surface area contributed by atoms with Gasteiger partial charge < -0.3 is 10.2 Å². The molecule has 0 saturated carbocycles. The minimum Gasteiger partial charge on any atom is -0.333 e. The molecular formula is C16H25N3O3S. The summed E-state index contributed by atoms with van der Waals surface area (Å²) in [6.45, 7) is 7.46. The zero-order valence-corrected chi connectivity index (χ0v) is 14.7. The second kappa shape index (κ2) is 7.42. The lowest BCUT2D eigenvalue weighted by Crippen LogP contribution is -2.57. The molecular weight excluding hydrogens is 314 g/mol. The number of nitrogens with zero attached hydrogens (tertiary/aromatic N) is 1. The van der Waals surface area contributed by atoms with Gasteiger partial charge in [-0.25, -0.2) is 13.1 Å². The Balaban J connectivity index is 2.03. The summed E-state index contributed by atoms with van der Waals surface area (Å²) in [5.74, 6) is 0.0781. The summed E-state index contributed by atoms with van der Waals surface area (Å²) in [4.78, 5) is 14.5. The Bertz CT molecular complexity index is 643. The van der Waals surface area contributed by atoms with Crippen LogP contribution < -0.4 is 10.0 Å². The minimum atomic E-state index is -3.21. The van der Waals surface area contributed by atoms with E-state index in [2.05, 4.69) is 17.0 Å². The number of hydrogen-bond donors (Lipinski definition) is 2. The number of benzene rings is 1. The first-order valence-electron chi connectivity index (χ1n) is 7.94. The summed E-state index contributed by atoms with van der Waals surface area (Å²) in [6.07, 6.45) is 0. The van der Waals surface area contributed by atoms with Gasteiger partial charge in [-0.05, 0) is 38.5 Å². The van der Waals surface area contributed by atoms with E-state index < -0.39 is 10.0 Å². The summed E-state index contributed by atoms with van der Waals surface area (Å²) >= 11 is 0. The van der Waals surface area contributed by atoms with Crippen LogP contribution in [0.3, 0.4) is 0 Å². The zero-order valence-electron chi connectivity index (χ0n) is 13.9. The first-order chi connectivity index (χ1) is 10.8. The zero-order chi connectivity index (χ0) is 17.0. The normalized spacial score (nSPS) is 22.1. The lowest BCUT2D eigenvalue weighted by atomic mass is 10.0. The molecule has 2 N–H and O–H groups in total. The fraction of sp³-hybridized carbons (Fsp3) is 0.562. The minimum absolute atomic E-state index is 0.0199. The summed E-state index contributed by atoms with van der Waals surface area (Å²) in [5, 5.41) is 3.35. The largest absolute Gasteiger partial charge is 0.333 e. The van der Waals surface area contributed by atoms with Crippen LogP contribution in [0.2, 0.25) is 0 Å². The van der Waals surface area contributed by atoms with E-state index in [4.69, 9.17) is 0 Å². The van der Waals surface area contributed by atoms with E-state index in [0.29, 0.717) is 12.1 Å². The Morgan fingerprint density at radius 3 is 2.57 bits per heavy atom. The fourth-order valence-electron chi connectivity index (χ4n) is 2.57. The molecule has 1 heterocycles. The standard InChI is InChI=1S/C16H25N3O3S/c1-4-23(21,22)18-11-14-5-7-15(8-6-14)16(20)19-10-9-17-12(2)13(19)3/h5-8,12-13,17-18H,4,9-11H2,1-3H3. The maximum absolute atomic E-state index is 12.6. The highest BCUT2D eigenvalue weighted by atomic mass is 32.2. The van der Waals surface area contributed by atoms with Gasteiger partial charge in [0.25, 0.3) is 5.91 Å². The molecule has 1 aliphatic heterocycles. The van der Waals surface area contributed by atoms with Gasteiger partial charge in [0.05, 0.1) is 5.75 Å². The van der Waals surface area contributed by atoms with Gasteiger partial charge >= 0.3 is 0 Å². The predicted octanol–water partition coefficient (Wildman–Crippen LogP) is 0.948. The highest BCUT2D eigenvalue weighted by Crippen LogP contribution is 2.14. The van der Waals surface area contributed by atoms with E-state index in [-0.39, 0.29) is 30.3 Å². The van der Waals surface area contributed by atoms with Gasteiger partial charge in [0.2, 0.25) is 10.0 Å². The van der Waals surface area contributed by atoms with Crippen molar-refractivity contribution in [3.8, 4) is 0 Å². The molecule has 1 fully saturated rings. The van der Waals surface area contributed by atoms with Crippen LogP contribution in [0.4, 0.5) is 0 Å². The van der Waals surface area contributed by atoms with Crippen LogP contribution in [0.5, 0.6) is 0 Å². The van der Waals surface area contributed by atoms with E-state index in [9.17, 15) is 13.2 Å². The third-order valence-corrected chi connectivity index (χ3v) is 5.72. The van der Waals surface area contributed by atoms with Crippen molar-refractivity contribution < 1.29 is 13.2 Å². The number of hydrogen-bond acceptors (Lipinski definition) is 4. The van der Waals surface area contributed by atoms with Gasteiger partial charge in [0.1, 0.15) is 0 Å². The molecule has 0 aromatic heterocycles. The van der Waals surface area contributed by atoms with Crippen LogP contribution in [0.25, 0.3) is 0 Å². The maximum atomic E-state index is 12.6. The van der Waals surface area contributed by atoms with Crippen molar-refractivity contribution in [2.75, 3.05) is 18.8 Å². The van der Waals surface area contributed by atoms with Crippen LogP contribution in [0.1, 0.15) is 36.7 Å². The van der Waals surface area contributed by atoms with Gasteiger partial charge in [-0.1, -0.05) is 12.1 Å². The lowest BCUT2D eigenvalue weighted by molar-refractivity contribution is 0.0603. The molecule has 23 heavy (non-hydrogen) atoms. The predicted molar refractivity (Wildman–Crippen MR) is 90.7 cm³/mol. The molecule has 128 valence electrons. The van der Waals surface area contributed by atoms with E-state index in [1.165, 1.54) is 0 Å². The van der Waals surface area contributed by atoms with E-state index in [0.717, 1.165) is 12.1 Å². The Morgan fingerprint density at radius 1 is 1.30 bits per heavy atom. The Morgan fingerprint density at radius 2 is 1.96 bits per heavy atom. The topological polar surface area (TPSA) is 78.5 Å². The highest BCUT2D eigenvalue weighted by Gasteiger charge is 2.28. The molecule has 0 radical (unpaired) electrons. The van der Waals surface area contributed by atoms with Gasteiger partial charge in [-0.2, -0.15) is 0 Å². The van der Waals surface area contributed by atoms with Crippen molar-refractivity contribution in [2.45, 2.75) is 39.4 Å². The molecule has 1 aromatic carbocycles. The van der Waals surface area contributed by atoms with Crippen molar-refractivity contribution >= 4 is 15.9 Å². The van der Waals surface area contributed by atoms with Gasteiger partial charge in [-0.15, -0.1) is 0 Å². The molecule has 0 spiro atoms. The smallest absolute Gasteiger partial charge is 0.254 e. The summed E-state index contributed by atoms with van der Waals surface area (Å²) in [6, 6.07) is 7.53. The molecule has 1 amide bonds. The average Bonchev–Trinajstić information content (AvgIpc) is 2.55. The molecule has 6 nitrogen and oxygen atoms in total. The van der Waals surface area contributed by atoms with Gasteiger partial charge in [0.15, 0.2) is 0 Å². The number of carbonyl (C=O) groups is 1. The van der Waals surface area contributed by atoms with E-state index >= 15 is 0 Å². The monoisotopic (exact) mass is 339 g/mol. The average molecular weight is 339 g/mol. The van der Waals surface area contributed by atoms with Crippen molar-refractivity contribution in [3.63, 3.8) is 0 Å². The van der Waals surface area contributed by atoms with Crippen molar-refractivity contribution in [2.24, 2.45) is 0 Å². The number of amides is 1. The first kappa shape index (κ1) is 17.9. The van der Waals surface area contributed by atoms with Crippen LogP contribution in [0, 0.1) is 0 Å². The molecule has 1 aromatic rings. The van der Waals surface area contributed by atoms with Crippen LogP contribution >= 0.6 is 0 Å². The second-order valence-corrected chi connectivity index (χ2v) is 8.00. The Kier molecular flexibility index (Phi) is 5.78. The number of piperazine rings is 1. The number of rotatable bonds is 5. The number of nitrogens with one attached hydrogen (secondary N) is 2. The maximum Gasteiger partial charge on any atom is 0.254 e. The summed E-state index contributed by atoms with van der Waals surface area (Å²) in [5.41, 5.74) is 1.47. The van der Waals surface area contributed by atoms with Crippen LogP contribution in [-0.4, -0.2) is 50.2 Å². The SMILES string of the molecule is CCS(=O)(=O)NCc1ccc(C(=O)N2CCNC(C)C2C)cc1. The van der Waals surface area contributed by atoms with Crippen molar-refractivity contribution in [3.05, 3.63) is 35.4 Å². The van der Waals surface area contributed by atoms with Crippen LogP contribution in [-0.2, 0) is 16.6 Å². The van der Waals surface area contributed by atoms with Crippen molar-refractivity contribution in [1.82, 2.24) is 14.9 Å². The molecule has 0 aliphatic carbocycles. The molecule has 2 rings (SSSR count). The third-order valence-electron chi connectivity index (χ3n) is 4.37. The lowest BCUT2D eigenvalue weighted by Gasteiger charge is -2.38. The molecule has 0 bridgehead atoms. The van der Waals surface area contributed by atoms with Crippen LogP contribution in [0.15, 0.2) is 24.3 Å². The van der Waals surface area contributed by atoms with Gasteiger partial charge in [-0.3, -0.25) is 4.79 Å². The molecule has 2 atom stereocenters. The van der Waals surface area contributed by atoms with Gasteiger partial charge in [0, 0.05) is 37.3 Å².